The average Bonchev–Trinajstić information content (AvgIpc) is 3.41. The first-order valence-electron chi connectivity index (χ1n) is 10.7. The number of allylic oxidation sites excluding steroid dienone is 1. The van der Waals surface area contributed by atoms with Gasteiger partial charge in [0.25, 0.3) is 5.91 Å². The molecule has 2 N–H and O–H groups in total. The minimum Gasteiger partial charge on any atom is -0.497 e. The molecule has 0 bridgehead atoms. The molecule has 0 saturated carbocycles. The molecule has 9 nitrogen and oxygen atoms in total. The van der Waals surface area contributed by atoms with E-state index in [1.165, 1.54) is 23.1 Å². The minimum atomic E-state index is -0.386. The average molecular weight is 501 g/mol. The van der Waals surface area contributed by atoms with E-state index in [1.807, 2.05) is 30.7 Å². The van der Waals surface area contributed by atoms with E-state index in [4.69, 9.17) is 4.74 Å². The van der Waals surface area contributed by atoms with Crippen LogP contribution in [0.25, 0.3) is 0 Å². The molecule has 0 aliphatic heterocycles. The number of carbonyl (C=O) groups excluding carboxylic acids is 2. The summed E-state index contributed by atoms with van der Waals surface area (Å²) in [5.74, 6) is 1.08. The summed E-state index contributed by atoms with van der Waals surface area (Å²) in [5, 5.41) is 17.5. The number of carbonyl (C=O) groups is 2. The second-order valence-corrected chi connectivity index (χ2v) is 9.60. The van der Waals surface area contributed by atoms with Gasteiger partial charge < -0.3 is 19.9 Å². The maximum absolute atomic E-state index is 12.9. The summed E-state index contributed by atoms with van der Waals surface area (Å²) in [6, 6.07) is 6.52. The number of nitrogens with zero attached hydrogens (tertiary/aromatic N) is 4. The molecule has 0 spiro atoms. The molecule has 1 atom stereocenters. The van der Waals surface area contributed by atoms with Crippen LogP contribution in [0.4, 0.5) is 5.13 Å². The Morgan fingerprint density at radius 3 is 2.59 bits per heavy atom. The van der Waals surface area contributed by atoms with Crippen molar-refractivity contribution in [3.63, 3.8) is 0 Å². The van der Waals surface area contributed by atoms with Gasteiger partial charge in [0.2, 0.25) is 5.91 Å². The van der Waals surface area contributed by atoms with Crippen LogP contribution >= 0.6 is 23.1 Å². The first-order chi connectivity index (χ1) is 16.3. The van der Waals surface area contributed by atoms with Crippen LogP contribution < -0.4 is 15.4 Å². The van der Waals surface area contributed by atoms with Crippen molar-refractivity contribution in [2.75, 3.05) is 18.2 Å². The Balaban J connectivity index is 1.74. The summed E-state index contributed by atoms with van der Waals surface area (Å²) in [7, 11) is 1.58. The summed E-state index contributed by atoms with van der Waals surface area (Å²) in [6.45, 7) is 10.2. The molecule has 0 unspecified atom stereocenters. The Morgan fingerprint density at radius 1 is 1.26 bits per heavy atom. The fourth-order valence-electron chi connectivity index (χ4n) is 3.13. The van der Waals surface area contributed by atoms with E-state index in [9.17, 15) is 9.59 Å². The Kier molecular flexibility index (Phi) is 8.83. The molecule has 3 aromatic rings. The van der Waals surface area contributed by atoms with E-state index in [0.29, 0.717) is 34.0 Å². The number of aryl methyl sites for hydroxylation is 1. The molecular formula is C23H28N6O3S2. The van der Waals surface area contributed by atoms with Crippen LogP contribution in [0.1, 0.15) is 41.8 Å². The van der Waals surface area contributed by atoms with E-state index in [0.717, 1.165) is 5.69 Å². The van der Waals surface area contributed by atoms with Gasteiger partial charge in [0.1, 0.15) is 5.75 Å². The van der Waals surface area contributed by atoms with Gasteiger partial charge in [0.15, 0.2) is 16.1 Å². The van der Waals surface area contributed by atoms with Gasteiger partial charge in [-0.15, -0.1) is 28.1 Å². The van der Waals surface area contributed by atoms with Crippen LogP contribution in [-0.2, 0) is 11.3 Å². The number of anilines is 1. The number of methoxy groups -OCH3 is 1. The Bertz CT molecular complexity index is 1140. The highest BCUT2D eigenvalue weighted by Gasteiger charge is 2.26. The SMILES string of the molecule is C=CCn1c(SCC(=O)Nc2nc(C)cs2)nnc1[C@H](NC(=O)c1ccc(OC)cc1)C(C)C. The Hall–Kier alpha value is -3.18. The second-order valence-electron chi connectivity index (χ2n) is 7.79. The molecule has 3 rings (SSSR count). The molecule has 0 fully saturated rings. The lowest BCUT2D eigenvalue weighted by molar-refractivity contribution is -0.113. The van der Waals surface area contributed by atoms with Crippen LogP contribution in [-0.4, -0.2) is 44.4 Å². The maximum atomic E-state index is 12.9. The van der Waals surface area contributed by atoms with Crippen LogP contribution in [0.5, 0.6) is 5.75 Å². The summed E-state index contributed by atoms with van der Waals surface area (Å²) in [4.78, 5) is 29.5. The van der Waals surface area contributed by atoms with Gasteiger partial charge >= 0.3 is 0 Å². The number of hydrogen-bond donors (Lipinski definition) is 2. The predicted molar refractivity (Wildman–Crippen MR) is 134 cm³/mol. The molecule has 0 radical (unpaired) electrons. The van der Waals surface area contributed by atoms with Crippen molar-refractivity contribution in [2.24, 2.45) is 5.92 Å². The number of thioether (sulfide) groups is 1. The van der Waals surface area contributed by atoms with Gasteiger partial charge in [-0.3, -0.25) is 9.59 Å². The zero-order valence-electron chi connectivity index (χ0n) is 19.6. The number of benzene rings is 1. The van der Waals surface area contributed by atoms with E-state index in [2.05, 4.69) is 32.4 Å². The molecule has 2 aromatic heterocycles. The van der Waals surface area contributed by atoms with Crippen LogP contribution in [0.3, 0.4) is 0 Å². The highest BCUT2D eigenvalue weighted by Crippen LogP contribution is 2.26. The maximum Gasteiger partial charge on any atom is 0.251 e. The van der Waals surface area contributed by atoms with Gasteiger partial charge in [-0.2, -0.15) is 0 Å². The molecule has 11 heteroatoms. The van der Waals surface area contributed by atoms with Gasteiger partial charge in [-0.1, -0.05) is 31.7 Å². The smallest absolute Gasteiger partial charge is 0.251 e. The number of hydrogen-bond acceptors (Lipinski definition) is 8. The number of aromatic nitrogens is 4. The number of thiazole rings is 1. The molecular weight excluding hydrogens is 472 g/mol. The third kappa shape index (κ3) is 6.45. The molecule has 34 heavy (non-hydrogen) atoms. The fourth-order valence-corrected chi connectivity index (χ4v) is 4.59. The predicted octanol–water partition coefficient (Wildman–Crippen LogP) is 4.10. The van der Waals surface area contributed by atoms with Gasteiger partial charge in [0.05, 0.1) is 24.6 Å². The third-order valence-corrected chi connectivity index (χ3v) is 6.68. The Morgan fingerprint density at radius 2 is 2.00 bits per heavy atom. The Labute approximate surface area is 207 Å². The van der Waals surface area contributed by atoms with E-state index < -0.39 is 0 Å². The molecule has 1 aromatic carbocycles. The number of nitrogens with one attached hydrogen (secondary N) is 2. The van der Waals surface area contributed by atoms with E-state index in [-0.39, 0.29) is 29.5 Å². The highest BCUT2D eigenvalue weighted by molar-refractivity contribution is 7.99. The summed E-state index contributed by atoms with van der Waals surface area (Å²) >= 11 is 2.65. The van der Waals surface area contributed by atoms with Crippen molar-refractivity contribution in [3.8, 4) is 5.75 Å². The number of rotatable bonds is 11. The number of amides is 2. The zero-order chi connectivity index (χ0) is 24.7. The van der Waals surface area contributed by atoms with Crippen LogP contribution in [0.15, 0.2) is 47.5 Å². The monoisotopic (exact) mass is 500 g/mol. The fraction of sp³-hybridized carbons (Fsp3) is 0.348. The van der Waals surface area contributed by atoms with Gasteiger partial charge in [-0.25, -0.2) is 4.98 Å². The highest BCUT2D eigenvalue weighted by atomic mass is 32.2. The number of ether oxygens (including phenoxy) is 1. The molecule has 0 aliphatic carbocycles. The zero-order valence-corrected chi connectivity index (χ0v) is 21.2. The summed E-state index contributed by atoms with van der Waals surface area (Å²) < 4.78 is 7.03. The van der Waals surface area contributed by atoms with Crippen molar-refractivity contribution < 1.29 is 14.3 Å². The lowest BCUT2D eigenvalue weighted by Crippen LogP contribution is -2.33. The van der Waals surface area contributed by atoms with Crippen molar-refractivity contribution >= 4 is 40.0 Å². The molecule has 0 saturated heterocycles. The summed E-state index contributed by atoms with van der Waals surface area (Å²) in [6.07, 6.45) is 1.73. The topological polar surface area (TPSA) is 111 Å². The molecule has 2 amide bonds. The van der Waals surface area contributed by atoms with Crippen LogP contribution in [0, 0.1) is 12.8 Å². The summed E-state index contributed by atoms with van der Waals surface area (Å²) in [5.41, 5.74) is 1.38. The molecule has 180 valence electrons. The standard InChI is InChI=1S/C23H28N6O3S2/c1-6-11-29-20(19(14(2)3)26-21(31)16-7-9-17(32-5)10-8-16)27-28-23(29)34-13-18(30)25-22-24-15(4)12-33-22/h6-10,12,14,19H,1,11,13H2,2-5H3,(H,26,31)(H,24,25,30)/t19-/m1/s1. The van der Waals surface area contributed by atoms with Gasteiger partial charge in [0, 0.05) is 17.5 Å². The van der Waals surface area contributed by atoms with Crippen molar-refractivity contribution in [1.29, 1.82) is 0 Å². The molecule has 0 aliphatic rings. The third-order valence-electron chi connectivity index (χ3n) is 4.84. The van der Waals surface area contributed by atoms with Crippen molar-refractivity contribution in [2.45, 2.75) is 38.5 Å². The second kappa shape index (κ2) is 11.8. The van der Waals surface area contributed by atoms with Crippen LogP contribution in [0.2, 0.25) is 0 Å². The minimum absolute atomic E-state index is 0.0456. The van der Waals surface area contributed by atoms with E-state index in [1.54, 1.807) is 37.5 Å². The molecule has 2 heterocycles. The first-order valence-corrected chi connectivity index (χ1v) is 12.5. The van der Waals surface area contributed by atoms with E-state index >= 15 is 0 Å². The lowest BCUT2D eigenvalue weighted by atomic mass is 10.0. The van der Waals surface area contributed by atoms with Crippen molar-refractivity contribution in [1.82, 2.24) is 25.1 Å². The quantitative estimate of drug-likeness (QED) is 0.301. The van der Waals surface area contributed by atoms with Gasteiger partial charge in [-0.05, 0) is 37.1 Å². The normalized spacial score (nSPS) is 11.8. The lowest BCUT2D eigenvalue weighted by Gasteiger charge is -2.22. The van der Waals surface area contributed by atoms with Crippen molar-refractivity contribution in [3.05, 3.63) is 59.4 Å². The first kappa shape index (κ1) is 25.4. The largest absolute Gasteiger partial charge is 0.497 e.